The molecule has 1 aromatic heterocycles. The summed E-state index contributed by atoms with van der Waals surface area (Å²) in [5.41, 5.74) is 3.90. The van der Waals surface area contributed by atoms with Crippen LogP contribution in [0.5, 0.6) is 0 Å². The second-order valence-electron chi connectivity index (χ2n) is 6.17. The van der Waals surface area contributed by atoms with E-state index in [2.05, 4.69) is 37.3 Å². The number of amides is 2. The van der Waals surface area contributed by atoms with Crippen LogP contribution in [0.15, 0.2) is 78.9 Å². The summed E-state index contributed by atoms with van der Waals surface area (Å²) in [7, 11) is 0. The minimum absolute atomic E-state index is 0.247. The van der Waals surface area contributed by atoms with E-state index in [1.807, 2.05) is 30.3 Å². The van der Waals surface area contributed by atoms with Crippen LogP contribution in [0.1, 0.15) is 16.1 Å². The number of carbonyl (C=O) groups is 2. The lowest BCUT2D eigenvalue weighted by molar-refractivity contribution is -0.123. The van der Waals surface area contributed by atoms with Crippen molar-refractivity contribution in [3.8, 4) is 11.3 Å². The van der Waals surface area contributed by atoms with Gasteiger partial charge in [0.15, 0.2) is 4.32 Å². The summed E-state index contributed by atoms with van der Waals surface area (Å²) >= 11 is 13.1. The molecule has 0 radical (unpaired) electrons. The number of thiocarbonyl (C=S) groups is 1. The van der Waals surface area contributed by atoms with Gasteiger partial charge in [0.2, 0.25) is 0 Å². The van der Waals surface area contributed by atoms with E-state index >= 15 is 0 Å². The molecule has 0 unspecified atom stereocenters. The monoisotopic (exact) mass is 562 g/mol. The predicted octanol–water partition coefficient (Wildman–Crippen LogP) is 6.02. The summed E-state index contributed by atoms with van der Waals surface area (Å²) < 4.78 is 7.92. The first-order chi connectivity index (χ1) is 14.4. The van der Waals surface area contributed by atoms with Crippen LogP contribution in [0.25, 0.3) is 17.4 Å². The maximum Gasteiger partial charge on any atom is 0.285 e. The molecule has 9 heteroatoms. The van der Waals surface area contributed by atoms with Crippen molar-refractivity contribution in [1.82, 2.24) is 10.4 Å². The Hall–Kier alpha value is -2.20. The third kappa shape index (κ3) is 4.59. The molecular formula is C21H12Br2N2O3S2. The number of carbonyl (C=O) groups excluding carboxylic acids is 2. The van der Waals surface area contributed by atoms with Gasteiger partial charge < -0.3 is 4.42 Å². The van der Waals surface area contributed by atoms with Crippen LogP contribution in [-0.4, -0.2) is 21.1 Å². The first-order valence-electron chi connectivity index (χ1n) is 8.61. The van der Waals surface area contributed by atoms with Crippen molar-refractivity contribution in [3.05, 3.63) is 85.8 Å². The Labute approximate surface area is 198 Å². The highest BCUT2D eigenvalue weighted by Gasteiger charge is 2.34. The maximum atomic E-state index is 12.7. The van der Waals surface area contributed by atoms with E-state index in [0.717, 1.165) is 31.3 Å². The highest BCUT2D eigenvalue weighted by atomic mass is 79.9. The van der Waals surface area contributed by atoms with Gasteiger partial charge >= 0.3 is 0 Å². The number of halogens is 2. The number of benzene rings is 2. The molecule has 2 heterocycles. The molecule has 30 heavy (non-hydrogen) atoms. The third-order valence-electron chi connectivity index (χ3n) is 4.14. The molecule has 0 aliphatic carbocycles. The average molecular weight is 564 g/mol. The summed E-state index contributed by atoms with van der Waals surface area (Å²) in [4.78, 5) is 25.5. The Morgan fingerprint density at radius 2 is 1.63 bits per heavy atom. The van der Waals surface area contributed by atoms with Gasteiger partial charge in [0.1, 0.15) is 11.5 Å². The highest BCUT2D eigenvalue weighted by Crippen LogP contribution is 2.33. The van der Waals surface area contributed by atoms with Crippen molar-refractivity contribution < 1.29 is 14.0 Å². The van der Waals surface area contributed by atoms with Crippen molar-refractivity contribution in [1.29, 1.82) is 0 Å². The summed E-state index contributed by atoms with van der Waals surface area (Å²) in [6.45, 7) is 0. The van der Waals surface area contributed by atoms with Gasteiger partial charge in [-0.15, -0.1) is 0 Å². The summed E-state index contributed by atoms with van der Waals surface area (Å²) in [5, 5.41) is 1.08. The minimum atomic E-state index is -0.421. The number of hydrazine groups is 1. The lowest BCUT2D eigenvalue weighted by atomic mass is 10.2. The molecule has 0 spiro atoms. The van der Waals surface area contributed by atoms with Gasteiger partial charge in [0, 0.05) is 26.1 Å². The number of nitrogens with zero attached hydrogens (tertiary/aromatic N) is 1. The van der Waals surface area contributed by atoms with Gasteiger partial charge in [0.05, 0.1) is 4.91 Å². The van der Waals surface area contributed by atoms with Crippen LogP contribution in [0.2, 0.25) is 0 Å². The van der Waals surface area contributed by atoms with Gasteiger partial charge in [-0.3, -0.25) is 15.0 Å². The zero-order chi connectivity index (χ0) is 21.3. The topological polar surface area (TPSA) is 62.6 Å². The summed E-state index contributed by atoms with van der Waals surface area (Å²) in [6.07, 6.45) is 1.62. The second-order valence-corrected chi connectivity index (χ2v) is 9.68. The molecule has 2 amide bonds. The average Bonchev–Trinajstić information content (AvgIpc) is 3.29. The molecule has 3 aromatic rings. The molecule has 5 nitrogen and oxygen atoms in total. The fourth-order valence-electron chi connectivity index (χ4n) is 2.66. The van der Waals surface area contributed by atoms with E-state index in [1.54, 1.807) is 36.4 Å². The van der Waals surface area contributed by atoms with Crippen LogP contribution in [0.4, 0.5) is 0 Å². The molecule has 4 rings (SSSR count). The Bertz CT molecular complexity index is 1170. The smallest absolute Gasteiger partial charge is 0.285 e. The molecule has 1 aliphatic heterocycles. The van der Waals surface area contributed by atoms with Crippen molar-refractivity contribution in [2.24, 2.45) is 0 Å². The lowest BCUT2D eigenvalue weighted by Crippen LogP contribution is -2.44. The minimum Gasteiger partial charge on any atom is -0.457 e. The summed E-state index contributed by atoms with van der Waals surface area (Å²) in [5.74, 6) is 0.382. The van der Waals surface area contributed by atoms with Gasteiger partial charge in [-0.25, -0.2) is 0 Å². The van der Waals surface area contributed by atoms with Crippen molar-refractivity contribution in [2.75, 3.05) is 0 Å². The first-order valence-corrected chi connectivity index (χ1v) is 11.4. The van der Waals surface area contributed by atoms with E-state index in [0.29, 0.717) is 22.0 Å². The van der Waals surface area contributed by atoms with Crippen LogP contribution in [0, 0.1) is 0 Å². The molecule has 1 N–H and O–H groups in total. The van der Waals surface area contributed by atoms with E-state index in [1.165, 1.54) is 0 Å². The van der Waals surface area contributed by atoms with Crippen molar-refractivity contribution in [3.63, 3.8) is 0 Å². The Kier molecular flexibility index (Phi) is 6.24. The van der Waals surface area contributed by atoms with Gasteiger partial charge in [-0.1, -0.05) is 55.8 Å². The SMILES string of the molecule is O=C(NN1C(=O)/C(=C/c2ccc(-c3ccc(Br)cc3)o2)SC1=S)c1ccc(Br)cc1. The number of nitrogens with one attached hydrogen (secondary N) is 1. The van der Waals surface area contributed by atoms with E-state index in [-0.39, 0.29) is 4.32 Å². The van der Waals surface area contributed by atoms with Crippen LogP contribution < -0.4 is 5.43 Å². The van der Waals surface area contributed by atoms with E-state index < -0.39 is 11.8 Å². The number of hydrogen-bond donors (Lipinski definition) is 1. The largest absolute Gasteiger partial charge is 0.457 e. The molecule has 1 saturated heterocycles. The molecule has 150 valence electrons. The van der Waals surface area contributed by atoms with Crippen molar-refractivity contribution in [2.45, 2.75) is 0 Å². The maximum absolute atomic E-state index is 12.7. The number of hydrogen-bond acceptors (Lipinski definition) is 5. The molecule has 1 aliphatic rings. The highest BCUT2D eigenvalue weighted by molar-refractivity contribution is 9.10. The van der Waals surface area contributed by atoms with Gasteiger partial charge in [0.25, 0.3) is 11.8 Å². The first kappa shape index (κ1) is 21.0. The molecule has 1 fully saturated rings. The Balaban J connectivity index is 1.49. The van der Waals surface area contributed by atoms with E-state index in [4.69, 9.17) is 16.6 Å². The normalized spacial score (nSPS) is 15.1. The van der Waals surface area contributed by atoms with Gasteiger partial charge in [-0.2, -0.15) is 5.01 Å². The lowest BCUT2D eigenvalue weighted by Gasteiger charge is -2.15. The van der Waals surface area contributed by atoms with Crippen molar-refractivity contribution >= 4 is 78.1 Å². The molecule has 2 aromatic carbocycles. The third-order valence-corrected chi connectivity index (χ3v) is 6.50. The molecule has 0 bridgehead atoms. The van der Waals surface area contributed by atoms with Crippen LogP contribution in [-0.2, 0) is 4.79 Å². The van der Waals surface area contributed by atoms with E-state index in [9.17, 15) is 9.59 Å². The predicted molar refractivity (Wildman–Crippen MR) is 128 cm³/mol. The fraction of sp³-hybridized carbons (Fsp3) is 0. The standard InChI is InChI=1S/C21H12Br2N2O3S2/c22-14-5-1-12(2-6-14)17-10-9-16(28-17)11-18-20(27)25(21(29)30-18)24-19(26)13-3-7-15(23)8-4-13/h1-11H,(H,24,26)/b18-11-. The van der Waals surface area contributed by atoms with Crippen LogP contribution >= 0.6 is 55.8 Å². The zero-order valence-electron chi connectivity index (χ0n) is 15.1. The summed E-state index contributed by atoms with van der Waals surface area (Å²) in [6, 6.07) is 18.1. The molecule has 0 atom stereocenters. The zero-order valence-corrected chi connectivity index (χ0v) is 19.9. The van der Waals surface area contributed by atoms with Gasteiger partial charge in [-0.05, 0) is 60.7 Å². The second kappa shape index (κ2) is 8.89. The van der Waals surface area contributed by atoms with Crippen LogP contribution in [0.3, 0.4) is 0 Å². The number of thioether (sulfide) groups is 1. The molecule has 0 saturated carbocycles. The number of furan rings is 1. The Morgan fingerprint density at radius 3 is 2.30 bits per heavy atom. The molecular weight excluding hydrogens is 552 g/mol. The number of rotatable bonds is 4. The Morgan fingerprint density at radius 1 is 1.00 bits per heavy atom. The quantitative estimate of drug-likeness (QED) is 0.311. The fourth-order valence-corrected chi connectivity index (χ4v) is 4.35.